The minimum Gasteiger partial charge on any atom is -0.383 e. The molecule has 0 atom stereocenters. The van der Waals surface area contributed by atoms with Crippen molar-refractivity contribution in [2.75, 3.05) is 26.8 Å². The van der Waals surface area contributed by atoms with E-state index in [2.05, 4.69) is 33.0 Å². The molecule has 0 saturated heterocycles. The standard InChI is InChI=1S/C13H29NO/c1-11(2)8-13(9-12(3)4)10-14-6-7-15-5/h11-14H,6-10H2,1-5H3. The number of ether oxygens (including phenoxy) is 1. The quantitative estimate of drug-likeness (QED) is 0.597. The first-order valence-electron chi connectivity index (χ1n) is 6.25. The monoisotopic (exact) mass is 215 g/mol. The average Bonchev–Trinajstić information content (AvgIpc) is 2.10. The molecule has 2 heteroatoms. The Labute approximate surface area is 95.8 Å². The first-order chi connectivity index (χ1) is 7.06. The number of nitrogens with one attached hydrogen (secondary N) is 1. The van der Waals surface area contributed by atoms with Gasteiger partial charge in [-0.05, 0) is 37.1 Å². The lowest BCUT2D eigenvalue weighted by molar-refractivity contribution is 0.195. The molecule has 15 heavy (non-hydrogen) atoms. The second kappa shape index (κ2) is 9.17. The predicted molar refractivity (Wildman–Crippen MR) is 67.1 cm³/mol. The van der Waals surface area contributed by atoms with Gasteiger partial charge in [-0.25, -0.2) is 0 Å². The summed E-state index contributed by atoms with van der Waals surface area (Å²) in [6.07, 6.45) is 2.66. The molecule has 0 aromatic rings. The molecule has 0 aromatic carbocycles. The second-order valence-corrected chi connectivity index (χ2v) is 5.32. The van der Waals surface area contributed by atoms with Gasteiger partial charge in [0.25, 0.3) is 0 Å². The van der Waals surface area contributed by atoms with E-state index in [-0.39, 0.29) is 0 Å². The van der Waals surface area contributed by atoms with Gasteiger partial charge in [0.15, 0.2) is 0 Å². The summed E-state index contributed by atoms with van der Waals surface area (Å²) in [5.41, 5.74) is 0. The van der Waals surface area contributed by atoms with Crippen LogP contribution in [0.2, 0.25) is 0 Å². The highest BCUT2D eigenvalue weighted by atomic mass is 16.5. The van der Waals surface area contributed by atoms with Crippen molar-refractivity contribution in [2.45, 2.75) is 40.5 Å². The normalized spacial score (nSPS) is 12.0. The van der Waals surface area contributed by atoms with E-state index in [0.29, 0.717) is 0 Å². The molecule has 0 saturated carbocycles. The van der Waals surface area contributed by atoms with E-state index < -0.39 is 0 Å². The zero-order chi connectivity index (χ0) is 11.7. The molecule has 0 rings (SSSR count). The Morgan fingerprint density at radius 1 is 1.00 bits per heavy atom. The highest BCUT2D eigenvalue weighted by Crippen LogP contribution is 2.19. The summed E-state index contributed by atoms with van der Waals surface area (Å²) in [5.74, 6) is 2.43. The fraction of sp³-hybridized carbons (Fsp3) is 1.00. The molecule has 92 valence electrons. The van der Waals surface area contributed by atoms with E-state index in [1.54, 1.807) is 7.11 Å². The van der Waals surface area contributed by atoms with Gasteiger partial charge in [0.05, 0.1) is 6.61 Å². The Morgan fingerprint density at radius 3 is 1.93 bits per heavy atom. The van der Waals surface area contributed by atoms with E-state index in [1.807, 2.05) is 0 Å². The maximum Gasteiger partial charge on any atom is 0.0587 e. The minimum atomic E-state index is 0.804. The fourth-order valence-electron chi connectivity index (χ4n) is 2.08. The molecule has 0 spiro atoms. The van der Waals surface area contributed by atoms with E-state index in [0.717, 1.165) is 37.5 Å². The maximum absolute atomic E-state index is 5.02. The van der Waals surface area contributed by atoms with Crippen LogP contribution in [0.3, 0.4) is 0 Å². The Hall–Kier alpha value is -0.0800. The Bertz CT molecular complexity index is 124. The van der Waals surface area contributed by atoms with Crippen molar-refractivity contribution in [3.63, 3.8) is 0 Å². The average molecular weight is 215 g/mol. The highest BCUT2D eigenvalue weighted by molar-refractivity contribution is 4.66. The lowest BCUT2D eigenvalue weighted by atomic mass is 9.89. The summed E-state index contributed by atoms with van der Waals surface area (Å²) in [6, 6.07) is 0. The lowest BCUT2D eigenvalue weighted by Gasteiger charge is -2.21. The largest absolute Gasteiger partial charge is 0.383 e. The Kier molecular flexibility index (Phi) is 9.12. The van der Waals surface area contributed by atoms with Crippen molar-refractivity contribution in [3.8, 4) is 0 Å². The molecule has 0 aliphatic rings. The molecule has 0 bridgehead atoms. The first kappa shape index (κ1) is 14.9. The number of hydrogen-bond donors (Lipinski definition) is 1. The molecule has 0 radical (unpaired) electrons. The second-order valence-electron chi connectivity index (χ2n) is 5.32. The third-order valence-electron chi connectivity index (χ3n) is 2.53. The van der Waals surface area contributed by atoms with Crippen LogP contribution in [0.5, 0.6) is 0 Å². The van der Waals surface area contributed by atoms with Crippen molar-refractivity contribution in [1.82, 2.24) is 5.32 Å². The van der Waals surface area contributed by atoms with Crippen molar-refractivity contribution in [1.29, 1.82) is 0 Å². The number of methoxy groups -OCH3 is 1. The molecular formula is C13H29NO. The number of rotatable bonds is 9. The van der Waals surface area contributed by atoms with E-state index >= 15 is 0 Å². The third kappa shape index (κ3) is 10.2. The van der Waals surface area contributed by atoms with Gasteiger partial charge in [0.1, 0.15) is 0 Å². The zero-order valence-electron chi connectivity index (χ0n) is 11.2. The van der Waals surface area contributed by atoms with Crippen LogP contribution >= 0.6 is 0 Å². The molecule has 1 N–H and O–H groups in total. The molecule has 0 aliphatic carbocycles. The van der Waals surface area contributed by atoms with Gasteiger partial charge in [-0.1, -0.05) is 27.7 Å². The molecule has 2 nitrogen and oxygen atoms in total. The smallest absolute Gasteiger partial charge is 0.0587 e. The molecule has 0 aromatic heterocycles. The van der Waals surface area contributed by atoms with Crippen LogP contribution in [0, 0.1) is 17.8 Å². The fourth-order valence-corrected chi connectivity index (χ4v) is 2.08. The topological polar surface area (TPSA) is 21.3 Å². The van der Waals surface area contributed by atoms with Crippen molar-refractivity contribution in [3.05, 3.63) is 0 Å². The summed E-state index contributed by atoms with van der Waals surface area (Å²) in [7, 11) is 1.75. The van der Waals surface area contributed by atoms with Gasteiger partial charge < -0.3 is 10.1 Å². The summed E-state index contributed by atoms with van der Waals surface area (Å²) >= 11 is 0. The molecular weight excluding hydrogens is 186 g/mol. The third-order valence-corrected chi connectivity index (χ3v) is 2.53. The van der Waals surface area contributed by atoms with E-state index in [4.69, 9.17) is 4.74 Å². The summed E-state index contributed by atoms with van der Waals surface area (Å²) in [4.78, 5) is 0. The van der Waals surface area contributed by atoms with Gasteiger partial charge in [0.2, 0.25) is 0 Å². The molecule has 0 fully saturated rings. The maximum atomic E-state index is 5.02. The Morgan fingerprint density at radius 2 is 1.53 bits per heavy atom. The summed E-state index contributed by atoms with van der Waals surface area (Å²) < 4.78 is 5.02. The van der Waals surface area contributed by atoms with Crippen LogP contribution in [0.4, 0.5) is 0 Å². The number of hydrogen-bond acceptors (Lipinski definition) is 2. The molecule has 0 heterocycles. The first-order valence-corrected chi connectivity index (χ1v) is 6.25. The van der Waals surface area contributed by atoms with Gasteiger partial charge in [-0.15, -0.1) is 0 Å². The van der Waals surface area contributed by atoms with Gasteiger partial charge in [-0.3, -0.25) is 0 Å². The minimum absolute atomic E-state index is 0.804. The summed E-state index contributed by atoms with van der Waals surface area (Å²) in [6.45, 7) is 12.2. The van der Waals surface area contributed by atoms with Crippen molar-refractivity contribution >= 4 is 0 Å². The highest BCUT2D eigenvalue weighted by Gasteiger charge is 2.12. The van der Waals surface area contributed by atoms with Crippen LogP contribution in [-0.2, 0) is 4.74 Å². The zero-order valence-corrected chi connectivity index (χ0v) is 11.2. The van der Waals surface area contributed by atoms with Crippen LogP contribution in [0.25, 0.3) is 0 Å². The predicted octanol–water partition coefficient (Wildman–Crippen LogP) is 2.93. The van der Waals surface area contributed by atoms with E-state index in [9.17, 15) is 0 Å². The van der Waals surface area contributed by atoms with Gasteiger partial charge >= 0.3 is 0 Å². The van der Waals surface area contributed by atoms with Gasteiger partial charge in [-0.2, -0.15) is 0 Å². The van der Waals surface area contributed by atoms with Crippen molar-refractivity contribution in [2.24, 2.45) is 17.8 Å². The molecule has 0 aliphatic heterocycles. The van der Waals surface area contributed by atoms with Gasteiger partial charge in [0, 0.05) is 13.7 Å². The van der Waals surface area contributed by atoms with Crippen LogP contribution in [-0.4, -0.2) is 26.8 Å². The van der Waals surface area contributed by atoms with Crippen LogP contribution in [0.15, 0.2) is 0 Å². The van der Waals surface area contributed by atoms with Crippen LogP contribution < -0.4 is 5.32 Å². The lowest BCUT2D eigenvalue weighted by Crippen LogP contribution is -2.27. The molecule has 0 unspecified atom stereocenters. The SMILES string of the molecule is COCCNCC(CC(C)C)CC(C)C. The van der Waals surface area contributed by atoms with Crippen molar-refractivity contribution < 1.29 is 4.74 Å². The van der Waals surface area contributed by atoms with Crippen LogP contribution in [0.1, 0.15) is 40.5 Å². The molecule has 0 amide bonds. The summed E-state index contributed by atoms with van der Waals surface area (Å²) in [5, 5.41) is 3.47. The Balaban J connectivity index is 3.69. The van der Waals surface area contributed by atoms with E-state index in [1.165, 1.54) is 12.8 Å².